The Morgan fingerprint density at radius 1 is 1.71 bits per heavy atom. The third-order valence-corrected chi connectivity index (χ3v) is 3.15. The van der Waals surface area contributed by atoms with Gasteiger partial charge in [-0.25, -0.2) is 0 Å². The van der Waals surface area contributed by atoms with Crippen molar-refractivity contribution in [1.82, 2.24) is 20.0 Å². The minimum Gasteiger partial charge on any atom is -0.368 e. The van der Waals surface area contributed by atoms with Gasteiger partial charge in [-0.3, -0.25) is 14.4 Å². The molecule has 0 bridgehead atoms. The molecule has 1 fully saturated rings. The van der Waals surface area contributed by atoms with Crippen molar-refractivity contribution in [3.05, 3.63) is 17.5 Å². The van der Waals surface area contributed by atoms with E-state index in [-0.39, 0.29) is 11.9 Å². The maximum atomic E-state index is 11.4. The second-order valence-corrected chi connectivity index (χ2v) is 4.49. The Labute approximate surface area is 101 Å². The number of rotatable bonds is 3. The van der Waals surface area contributed by atoms with Crippen molar-refractivity contribution in [3.63, 3.8) is 0 Å². The van der Waals surface area contributed by atoms with Gasteiger partial charge in [0, 0.05) is 33.2 Å². The molecule has 6 nitrogen and oxygen atoms in total. The Hall–Kier alpha value is -1.40. The molecule has 6 heteroatoms. The van der Waals surface area contributed by atoms with E-state index in [0.29, 0.717) is 13.1 Å². The Bertz CT molecular complexity index is 414. The Kier molecular flexibility index (Phi) is 3.44. The Morgan fingerprint density at radius 3 is 3.06 bits per heavy atom. The van der Waals surface area contributed by atoms with Crippen LogP contribution >= 0.6 is 0 Å². The molecule has 2 heterocycles. The van der Waals surface area contributed by atoms with E-state index in [0.717, 1.165) is 24.5 Å². The van der Waals surface area contributed by atoms with Gasteiger partial charge in [0.25, 0.3) is 0 Å². The first kappa shape index (κ1) is 12.1. The first-order valence-electron chi connectivity index (χ1n) is 5.81. The molecule has 1 atom stereocenters. The molecule has 0 aromatic carbocycles. The van der Waals surface area contributed by atoms with Crippen LogP contribution in [0.4, 0.5) is 0 Å². The second-order valence-electron chi connectivity index (χ2n) is 4.49. The van der Waals surface area contributed by atoms with E-state index in [1.54, 1.807) is 0 Å². The predicted molar refractivity (Wildman–Crippen MR) is 64.2 cm³/mol. The number of primary amides is 1. The fourth-order valence-corrected chi connectivity index (χ4v) is 2.24. The first-order valence-corrected chi connectivity index (χ1v) is 5.81. The van der Waals surface area contributed by atoms with E-state index in [1.165, 1.54) is 0 Å². The molecule has 1 aliphatic rings. The summed E-state index contributed by atoms with van der Waals surface area (Å²) in [5, 5.41) is 7.49. The van der Waals surface area contributed by atoms with Crippen LogP contribution in [0.5, 0.6) is 0 Å². The third-order valence-electron chi connectivity index (χ3n) is 3.15. The zero-order chi connectivity index (χ0) is 12.4. The summed E-state index contributed by atoms with van der Waals surface area (Å²) in [5.74, 6) is -0.268. The smallest absolute Gasteiger partial charge is 0.236 e. The molecule has 17 heavy (non-hydrogen) atoms. The number of aromatic nitrogens is 2. The molecule has 1 aliphatic heterocycles. The number of nitrogens with zero attached hydrogens (tertiary/aromatic N) is 3. The zero-order valence-corrected chi connectivity index (χ0v) is 10.3. The number of nitrogens with one attached hydrogen (secondary N) is 1. The predicted octanol–water partition coefficient (Wildman–Crippen LogP) is -1.01. The van der Waals surface area contributed by atoms with Gasteiger partial charge >= 0.3 is 0 Å². The maximum absolute atomic E-state index is 11.4. The highest BCUT2D eigenvalue weighted by atomic mass is 16.1. The Balaban J connectivity index is 2.10. The van der Waals surface area contributed by atoms with Crippen LogP contribution in [0.15, 0.2) is 6.07 Å². The van der Waals surface area contributed by atoms with E-state index in [9.17, 15) is 4.79 Å². The first-order chi connectivity index (χ1) is 8.08. The molecule has 0 radical (unpaired) electrons. The van der Waals surface area contributed by atoms with Crippen molar-refractivity contribution in [2.75, 3.05) is 19.6 Å². The monoisotopic (exact) mass is 237 g/mol. The minimum atomic E-state index is -0.268. The van der Waals surface area contributed by atoms with E-state index in [4.69, 9.17) is 5.73 Å². The summed E-state index contributed by atoms with van der Waals surface area (Å²) in [6.07, 6.45) is 0. The van der Waals surface area contributed by atoms with E-state index < -0.39 is 0 Å². The van der Waals surface area contributed by atoms with Crippen LogP contribution < -0.4 is 11.1 Å². The summed E-state index contributed by atoms with van der Waals surface area (Å²) >= 11 is 0. The lowest BCUT2D eigenvalue weighted by atomic mass is 10.1. The van der Waals surface area contributed by atoms with Crippen LogP contribution in [0.3, 0.4) is 0 Å². The highest BCUT2D eigenvalue weighted by Crippen LogP contribution is 2.10. The largest absolute Gasteiger partial charge is 0.368 e. The van der Waals surface area contributed by atoms with E-state index in [2.05, 4.69) is 15.3 Å². The van der Waals surface area contributed by atoms with Crippen molar-refractivity contribution in [2.24, 2.45) is 12.8 Å². The van der Waals surface area contributed by atoms with Gasteiger partial charge in [-0.2, -0.15) is 5.10 Å². The summed E-state index contributed by atoms with van der Waals surface area (Å²) in [5.41, 5.74) is 7.51. The fourth-order valence-electron chi connectivity index (χ4n) is 2.24. The zero-order valence-electron chi connectivity index (χ0n) is 10.3. The van der Waals surface area contributed by atoms with Gasteiger partial charge in [-0.05, 0) is 13.0 Å². The number of aryl methyl sites for hydroxylation is 2. The standard InChI is InChI=1S/C11H19N5O/c1-8-5-9(15(2)14-8)7-16-4-3-13-6-10(16)11(12)17/h5,10,13H,3-4,6-7H2,1-2H3,(H2,12,17). The number of carbonyl (C=O) groups is 1. The summed E-state index contributed by atoms with van der Waals surface area (Å²) < 4.78 is 1.86. The maximum Gasteiger partial charge on any atom is 0.236 e. The number of hydrogen-bond donors (Lipinski definition) is 2. The molecule has 0 saturated carbocycles. The number of carbonyl (C=O) groups excluding carboxylic acids is 1. The fraction of sp³-hybridized carbons (Fsp3) is 0.636. The van der Waals surface area contributed by atoms with Crippen molar-refractivity contribution < 1.29 is 4.79 Å². The average Bonchev–Trinajstić information content (AvgIpc) is 2.58. The SMILES string of the molecule is Cc1cc(CN2CCNCC2C(N)=O)n(C)n1. The molecule has 1 aromatic rings. The lowest BCUT2D eigenvalue weighted by Crippen LogP contribution is -2.56. The molecule has 0 spiro atoms. The molecule has 1 aromatic heterocycles. The molecule has 1 saturated heterocycles. The van der Waals surface area contributed by atoms with Gasteiger partial charge in [0.15, 0.2) is 0 Å². The summed E-state index contributed by atoms with van der Waals surface area (Å²) in [4.78, 5) is 13.5. The lowest BCUT2D eigenvalue weighted by Gasteiger charge is -2.33. The van der Waals surface area contributed by atoms with Crippen LogP contribution in [0.1, 0.15) is 11.4 Å². The molecular formula is C11H19N5O. The Morgan fingerprint density at radius 2 is 2.47 bits per heavy atom. The number of piperazine rings is 1. The molecule has 2 rings (SSSR count). The number of amides is 1. The lowest BCUT2D eigenvalue weighted by molar-refractivity contribution is -0.124. The quantitative estimate of drug-likeness (QED) is 0.706. The highest BCUT2D eigenvalue weighted by Gasteiger charge is 2.27. The van der Waals surface area contributed by atoms with Crippen LogP contribution in [-0.2, 0) is 18.4 Å². The topological polar surface area (TPSA) is 76.2 Å². The molecule has 1 unspecified atom stereocenters. The molecule has 3 N–H and O–H groups in total. The van der Waals surface area contributed by atoms with Crippen LogP contribution in [0, 0.1) is 6.92 Å². The van der Waals surface area contributed by atoms with Crippen molar-refractivity contribution >= 4 is 5.91 Å². The summed E-state index contributed by atoms with van der Waals surface area (Å²) in [7, 11) is 1.92. The third kappa shape index (κ3) is 2.65. The van der Waals surface area contributed by atoms with Crippen molar-refractivity contribution in [2.45, 2.75) is 19.5 Å². The number of nitrogens with two attached hydrogens (primary N) is 1. The highest BCUT2D eigenvalue weighted by molar-refractivity contribution is 5.80. The van der Waals surface area contributed by atoms with Gasteiger partial charge in [0.1, 0.15) is 6.04 Å². The molecule has 1 amide bonds. The van der Waals surface area contributed by atoms with Crippen LogP contribution in [0.25, 0.3) is 0 Å². The van der Waals surface area contributed by atoms with Crippen LogP contribution in [0.2, 0.25) is 0 Å². The van der Waals surface area contributed by atoms with Gasteiger partial charge in [-0.15, -0.1) is 0 Å². The van der Waals surface area contributed by atoms with E-state index in [1.807, 2.05) is 24.7 Å². The average molecular weight is 237 g/mol. The number of hydrogen-bond acceptors (Lipinski definition) is 4. The molecule has 0 aliphatic carbocycles. The van der Waals surface area contributed by atoms with Crippen molar-refractivity contribution in [1.29, 1.82) is 0 Å². The second kappa shape index (κ2) is 4.85. The molecular weight excluding hydrogens is 218 g/mol. The van der Waals surface area contributed by atoms with Gasteiger partial charge in [-0.1, -0.05) is 0 Å². The van der Waals surface area contributed by atoms with Crippen molar-refractivity contribution in [3.8, 4) is 0 Å². The van der Waals surface area contributed by atoms with Gasteiger partial charge in [0.05, 0.1) is 11.4 Å². The van der Waals surface area contributed by atoms with Gasteiger partial charge in [0.2, 0.25) is 5.91 Å². The molecule has 94 valence electrons. The van der Waals surface area contributed by atoms with Gasteiger partial charge < -0.3 is 11.1 Å². The normalized spacial score (nSPS) is 21.6. The summed E-state index contributed by atoms with van der Waals surface area (Å²) in [6, 6.07) is 1.82. The minimum absolute atomic E-state index is 0.223. The van der Waals surface area contributed by atoms with Crippen LogP contribution in [-0.4, -0.2) is 46.3 Å². The summed E-state index contributed by atoms with van der Waals surface area (Å²) in [6.45, 7) is 5.03. The van der Waals surface area contributed by atoms with E-state index >= 15 is 0 Å².